The van der Waals surface area contributed by atoms with E-state index in [-0.39, 0.29) is 6.10 Å². The molecule has 0 radical (unpaired) electrons. The van der Waals surface area contributed by atoms with Gasteiger partial charge in [0.2, 0.25) is 0 Å². The smallest absolute Gasteiger partial charge is 0.170 e. The Morgan fingerprint density at radius 1 is 1.47 bits per heavy atom. The minimum Gasteiger partial charge on any atom is -0.393 e. The van der Waals surface area contributed by atoms with E-state index in [9.17, 15) is 9.90 Å². The van der Waals surface area contributed by atoms with E-state index in [4.69, 9.17) is 0 Å². The van der Waals surface area contributed by atoms with Crippen LogP contribution in [0.1, 0.15) is 23.3 Å². The highest BCUT2D eigenvalue weighted by Gasteiger charge is 2.19. The average molecular weight is 206 g/mol. The number of aliphatic hydroxyl groups is 1. The first-order chi connectivity index (χ1) is 7.31. The summed E-state index contributed by atoms with van der Waals surface area (Å²) >= 11 is 0. The van der Waals surface area contributed by atoms with Crippen LogP contribution in [0.25, 0.3) is 0 Å². The number of aromatic nitrogens is 1. The quantitative estimate of drug-likeness (QED) is 0.729. The molecule has 0 aliphatic carbocycles. The van der Waals surface area contributed by atoms with Gasteiger partial charge < -0.3 is 10.0 Å². The van der Waals surface area contributed by atoms with E-state index >= 15 is 0 Å². The van der Waals surface area contributed by atoms with Crippen molar-refractivity contribution in [1.29, 1.82) is 0 Å². The predicted molar refractivity (Wildman–Crippen MR) is 57.1 cm³/mol. The summed E-state index contributed by atoms with van der Waals surface area (Å²) in [5.74, 6) is 0. The number of piperidine rings is 1. The van der Waals surface area contributed by atoms with Crippen molar-refractivity contribution in [3.05, 3.63) is 24.0 Å². The van der Waals surface area contributed by atoms with E-state index in [0.717, 1.165) is 37.9 Å². The van der Waals surface area contributed by atoms with Gasteiger partial charge in [-0.15, -0.1) is 0 Å². The number of hydrogen-bond donors (Lipinski definition) is 1. The fraction of sp³-hybridized carbons (Fsp3) is 0.455. The monoisotopic (exact) mass is 206 g/mol. The van der Waals surface area contributed by atoms with Crippen molar-refractivity contribution in [2.75, 3.05) is 18.0 Å². The maximum absolute atomic E-state index is 10.8. The number of aliphatic hydroxyl groups excluding tert-OH is 1. The molecule has 4 nitrogen and oxygen atoms in total. The average Bonchev–Trinajstić information content (AvgIpc) is 2.30. The molecule has 0 bridgehead atoms. The minimum atomic E-state index is -0.197. The highest BCUT2D eigenvalue weighted by molar-refractivity contribution is 5.81. The van der Waals surface area contributed by atoms with Gasteiger partial charge in [-0.25, -0.2) is 0 Å². The van der Waals surface area contributed by atoms with Gasteiger partial charge in [-0.05, 0) is 25.0 Å². The van der Waals surface area contributed by atoms with Gasteiger partial charge >= 0.3 is 0 Å². The van der Waals surface area contributed by atoms with Gasteiger partial charge in [0.25, 0.3) is 0 Å². The van der Waals surface area contributed by atoms with Gasteiger partial charge in [-0.3, -0.25) is 9.78 Å². The molecular formula is C11H14N2O2. The maximum atomic E-state index is 10.8. The van der Waals surface area contributed by atoms with Crippen molar-refractivity contribution in [3.8, 4) is 0 Å². The van der Waals surface area contributed by atoms with Gasteiger partial charge in [0.05, 0.1) is 11.8 Å². The number of hydrogen-bond acceptors (Lipinski definition) is 4. The van der Waals surface area contributed by atoms with Crippen molar-refractivity contribution in [1.82, 2.24) is 4.98 Å². The molecule has 1 fully saturated rings. The van der Waals surface area contributed by atoms with E-state index in [2.05, 4.69) is 9.88 Å². The van der Waals surface area contributed by atoms with Crippen LogP contribution in [-0.4, -0.2) is 35.6 Å². The standard InChI is InChI=1S/C11H14N2O2/c14-8-10-11(2-1-5-12-10)13-6-3-9(15)4-7-13/h1-2,5,8-9,15H,3-4,6-7H2. The molecule has 0 amide bonds. The summed E-state index contributed by atoms with van der Waals surface area (Å²) in [7, 11) is 0. The lowest BCUT2D eigenvalue weighted by Gasteiger charge is -2.31. The Hall–Kier alpha value is -1.42. The molecule has 0 spiro atoms. The van der Waals surface area contributed by atoms with Crippen LogP contribution in [0.4, 0.5) is 5.69 Å². The molecule has 0 saturated carbocycles. The Balaban J connectivity index is 2.18. The van der Waals surface area contributed by atoms with Gasteiger partial charge in [0.15, 0.2) is 6.29 Å². The van der Waals surface area contributed by atoms with Crippen molar-refractivity contribution < 1.29 is 9.90 Å². The van der Waals surface area contributed by atoms with E-state index in [1.54, 1.807) is 6.20 Å². The third kappa shape index (κ3) is 2.15. The molecule has 0 unspecified atom stereocenters. The summed E-state index contributed by atoms with van der Waals surface area (Å²) in [6, 6.07) is 3.72. The number of carbonyl (C=O) groups is 1. The molecule has 0 aromatic carbocycles. The van der Waals surface area contributed by atoms with Crippen molar-refractivity contribution in [2.24, 2.45) is 0 Å². The second-order valence-electron chi connectivity index (χ2n) is 3.74. The van der Waals surface area contributed by atoms with Crippen LogP contribution < -0.4 is 4.90 Å². The number of aldehydes is 1. The zero-order valence-electron chi connectivity index (χ0n) is 8.47. The Morgan fingerprint density at radius 3 is 2.87 bits per heavy atom. The van der Waals surface area contributed by atoms with E-state index in [1.165, 1.54) is 0 Å². The van der Waals surface area contributed by atoms with Crippen molar-refractivity contribution in [3.63, 3.8) is 0 Å². The second-order valence-corrected chi connectivity index (χ2v) is 3.74. The van der Waals surface area contributed by atoms with E-state index in [0.29, 0.717) is 5.69 Å². The van der Waals surface area contributed by atoms with Gasteiger partial charge in [0, 0.05) is 19.3 Å². The summed E-state index contributed by atoms with van der Waals surface area (Å²) in [5.41, 5.74) is 1.35. The molecule has 1 aliphatic rings. The summed E-state index contributed by atoms with van der Waals surface area (Å²) in [4.78, 5) is 16.9. The third-order valence-electron chi connectivity index (χ3n) is 2.73. The third-order valence-corrected chi connectivity index (χ3v) is 2.73. The Bertz CT molecular complexity index is 346. The first-order valence-electron chi connectivity index (χ1n) is 5.14. The van der Waals surface area contributed by atoms with E-state index < -0.39 is 0 Å². The Morgan fingerprint density at radius 2 is 2.20 bits per heavy atom. The first-order valence-corrected chi connectivity index (χ1v) is 5.14. The first kappa shape index (κ1) is 10.1. The fourth-order valence-electron chi connectivity index (χ4n) is 1.87. The SMILES string of the molecule is O=Cc1ncccc1N1CCC(O)CC1. The van der Waals surface area contributed by atoms with E-state index in [1.807, 2.05) is 12.1 Å². The zero-order chi connectivity index (χ0) is 10.7. The molecule has 1 saturated heterocycles. The highest BCUT2D eigenvalue weighted by atomic mass is 16.3. The fourth-order valence-corrected chi connectivity index (χ4v) is 1.87. The lowest BCUT2D eigenvalue weighted by Crippen LogP contribution is -2.36. The molecule has 2 heterocycles. The molecule has 1 aliphatic heterocycles. The van der Waals surface area contributed by atoms with Crippen LogP contribution in [0, 0.1) is 0 Å². The molecule has 1 aromatic rings. The molecule has 80 valence electrons. The Labute approximate surface area is 88.6 Å². The molecular weight excluding hydrogens is 192 g/mol. The Kier molecular flexibility index (Phi) is 2.97. The number of pyridine rings is 1. The molecule has 1 N–H and O–H groups in total. The summed E-state index contributed by atoms with van der Waals surface area (Å²) in [5, 5.41) is 9.39. The lowest BCUT2D eigenvalue weighted by atomic mass is 10.1. The van der Waals surface area contributed by atoms with Crippen LogP contribution in [0.3, 0.4) is 0 Å². The largest absolute Gasteiger partial charge is 0.393 e. The number of rotatable bonds is 2. The minimum absolute atomic E-state index is 0.197. The number of carbonyl (C=O) groups excluding carboxylic acids is 1. The van der Waals surface area contributed by atoms with Gasteiger partial charge in [-0.1, -0.05) is 0 Å². The van der Waals surface area contributed by atoms with Crippen LogP contribution in [0.2, 0.25) is 0 Å². The maximum Gasteiger partial charge on any atom is 0.170 e. The number of nitrogens with zero attached hydrogens (tertiary/aromatic N) is 2. The normalized spacial score (nSPS) is 17.8. The molecule has 2 rings (SSSR count). The van der Waals surface area contributed by atoms with Gasteiger partial charge in [0.1, 0.15) is 5.69 Å². The molecule has 1 aromatic heterocycles. The number of anilines is 1. The molecule has 15 heavy (non-hydrogen) atoms. The molecule has 4 heteroatoms. The summed E-state index contributed by atoms with van der Waals surface area (Å²) in [6.07, 6.45) is 3.71. The van der Waals surface area contributed by atoms with Crippen LogP contribution in [-0.2, 0) is 0 Å². The molecule has 0 atom stereocenters. The van der Waals surface area contributed by atoms with Crippen molar-refractivity contribution >= 4 is 12.0 Å². The summed E-state index contributed by atoms with van der Waals surface area (Å²) < 4.78 is 0. The van der Waals surface area contributed by atoms with Crippen molar-refractivity contribution in [2.45, 2.75) is 18.9 Å². The van der Waals surface area contributed by atoms with Gasteiger partial charge in [-0.2, -0.15) is 0 Å². The zero-order valence-corrected chi connectivity index (χ0v) is 8.47. The second kappa shape index (κ2) is 4.40. The van der Waals surface area contributed by atoms with Crippen LogP contribution >= 0.6 is 0 Å². The lowest BCUT2D eigenvalue weighted by molar-refractivity contribution is 0.111. The predicted octanol–water partition coefficient (Wildman–Crippen LogP) is 0.855. The summed E-state index contributed by atoms with van der Waals surface area (Å²) in [6.45, 7) is 1.57. The highest BCUT2D eigenvalue weighted by Crippen LogP contribution is 2.21. The topological polar surface area (TPSA) is 53.4 Å². The van der Waals surface area contributed by atoms with Crippen LogP contribution in [0.15, 0.2) is 18.3 Å². The van der Waals surface area contributed by atoms with Crippen LogP contribution in [0.5, 0.6) is 0 Å².